The molecule has 0 aromatic heterocycles. The van der Waals surface area contributed by atoms with Crippen LogP contribution in [0.15, 0.2) is 0 Å². The lowest BCUT2D eigenvalue weighted by molar-refractivity contribution is -0.141. The highest BCUT2D eigenvalue weighted by atomic mass is 16.2. The quantitative estimate of drug-likeness (QED) is 0.528. The summed E-state index contributed by atoms with van der Waals surface area (Å²) in [5.74, 6) is -0.787. The average Bonchev–Trinajstić information content (AvgIpc) is 2.45. The van der Waals surface area contributed by atoms with E-state index >= 15 is 0 Å². The number of unbranched alkanes of at least 4 members (excludes halogenated alkanes) is 1. The maximum Gasteiger partial charge on any atom is 0.237 e. The molecule has 1 saturated heterocycles. The van der Waals surface area contributed by atoms with Crippen LogP contribution in [0, 0.1) is 5.41 Å². The van der Waals surface area contributed by atoms with Gasteiger partial charge in [-0.1, -0.05) is 13.8 Å². The number of nitrogens with two attached hydrogens (primary N) is 2. The lowest BCUT2D eigenvalue weighted by Gasteiger charge is -2.21. The fourth-order valence-electron chi connectivity index (χ4n) is 2.14. The number of rotatable bonds is 6. The Morgan fingerprint density at radius 2 is 1.95 bits per heavy atom. The smallest absolute Gasteiger partial charge is 0.237 e. The zero-order valence-corrected chi connectivity index (χ0v) is 11.9. The monoisotopic (exact) mass is 269 g/mol. The molecule has 1 aliphatic heterocycles. The van der Waals surface area contributed by atoms with Gasteiger partial charge in [0.2, 0.25) is 17.7 Å². The first-order chi connectivity index (χ1) is 8.58. The molecule has 6 heteroatoms. The van der Waals surface area contributed by atoms with Crippen LogP contribution >= 0.6 is 0 Å². The number of carbonyl (C=O) groups excluding carboxylic acids is 3. The van der Waals surface area contributed by atoms with Gasteiger partial charge in [-0.15, -0.1) is 0 Å². The van der Waals surface area contributed by atoms with Crippen LogP contribution < -0.4 is 11.5 Å². The minimum absolute atomic E-state index is 0.122. The van der Waals surface area contributed by atoms with E-state index in [1.165, 1.54) is 4.90 Å². The van der Waals surface area contributed by atoms with Gasteiger partial charge in [0.25, 0.3) is 0 Å². The van der Waals surface area contributed by atoms with Crippen LogP contribution in [0.1, 0.15) is 46.5 Å². The van der Waals surface area contributed by atoms with Gasteiger partial charge in [0.15, 0.2) is 0 Å². The summed E-state index contributed by atoms with van der Waals surface area (Å²) in [6.45, 7) is 5.52. The van der Waals surface area contributed by atoms with Crippen molar-refractivity contribution in [2.45, 2.75) is 52.0 Å². The highest BCUT2D eigenvalue weighted by molar-refractivity contribution is 6.05. The van der Waals surface area contributed by atoms with Crippen molar-refractivity contribution in [2.75, 3.05) is 6.54 Å². The normalized spacial score (nSPS) is 21.6. The fraction of sp³-hybridized carbons (Fsp3) is 0.769. The van der Waals surface area contributed by atoms with E-state index < -0.39 is 16.9 Å². The molecule has 6 nitrogen and oxygen atoms in total. The van der Waals surface area contributed by atoms with Gasteiger partial charge in [-0.05, 0) is 26.2 Å². The van der Waals surface area contributed by atoms with Gasteiger partial charge in [-0.25, -0.2) is 0 Å². The Kier molecular flexibility index (Phi) is 4.35. The second-order valence-corrected chi connectivity index (χ2v) is 6.15. The zero-order chi connectivity index (χ0) is 14.8. The number of nitrogens with zero attached hydrogens (tertiary/aromatic N) is 1. The Balaban J connectivity index is 2.41. The van der Waals surface area contributed by atoms with Crippen LogP contribution in [0.25, 0.3) is 0 Å². The third-order valence-electron chi connectivity index (χ3n) is 3.61. The second-order valence-electron chi connectivity index (χ2n) is 6.15. The van der Waals surface area contributed by atoms with Crippen molar-refractivity contribution >= 4 is 17.7 Å². The van der Waals surface area contributed by atoms with E-state index in [9.17, 15) is 14.4 Å². The van der Waals surface area contributed by atoms with Gasteiger partial charge < -0.3 is 11.5 Å². The molecule has 1 heterocycles. The van der Waals surface area contributed by atoms with Crippen molar-refractivity contribution in [3.63, 3.8) is 0 Å². The van der Waals surface area contributed by atoms with Gasteiger partial charge in [0, 0.05) is 13.0 Å². The summed E-state index contributed by atoms with van der Waals surface area (Å²) >= 11 is 0. The Hall–Kier alpha value is -1.43. The molecule has 3 amide bonds. The third kappa shape index (κ3) is 3.53. The molecule has 0 spiro atoms. The van der Waals surface area contributed by atoms with E-state index in [2.05, 4.69) is 0 Å². The van der Waals surface area contributed by atoms with Crippen molar-refractivity contribution in [3.8, 4) is 0 Å². The van der Waals surface area contributed by atoms with Crippen molar-refractivity contribution in [3.05, 3.63) is 0 Å². The Labute approximate surface area is 113 Å². The van der Waals surface area contributed by atoms with Crippen LogP contribution in [0.4, 0.5) is 0 Å². The van der Waals surface area contributed by atoms with E-state index in [1.54, 1.807) is 20.8 Å². The van der Waals surface area contributed by atoms with Crippen LogP contribution in [0.2, 0.25) is 0 Å². The number of amides is 3. The van der Waals surface area contributed by atoms with Crippen LogP contribution in [-0.2, 0) is 14.4 Å². The second kappa shape index (κ2) is 5.28. The van der Waals surface area contributed by atoms with E-state index in [-0.39, 0.29) is 18.2 Å². The van der Waals surface area contributed by atoms with Gasteiger partial charge in [0.05, 0.1) is 11.0 Å². The highest BCUT2D eigenvalue weighted by Crippen LogP contribution is 2.31. The number of imide groups is 1. The molecule has 1 unspecified atom stereocenters. The minimum Gasteiger partial charge on any atom is -0.368 e. The van der Waals surface area contributed by atoms with E-state index in [0.717, 1.165) is 0 Å². The number of hydrogen-bond acceptors (Lipinski definition) is 4. The Morgan fingerprint density at radius 1 is 1.37 bits per heavy atom. The lowest BCUT2D eigenvalue weighted by Crippen LogP contribution is -2.49. The third-order valence-corrected chi connectivity index (χ3v) is 3.61. The first-order valence-corrected chi connectivity index (χ1v) is 6.51. The van der Waals surface area contributed by atoms with E-state index in [0.29, 0.717) is 25.8 Å². The molecule has 0 aromatic carbocycles. The number of carbonyl (C=O) groups is 3. The van der Waals surface area contributed by atoms with Crippen molar-refractivity contribution in [2.24, 2.45) is 16.9 Å². The first kappa shape index (κ1) is 15.6. The summed E-state index contributed by atoms with van der Waals surface area (Å²) in [6.07, 6.45) is 1.99. The summed E-state index contributed by atoms with van der Waals surface area (Å²) < 4.78 is 0. The molecule has 1 aliphatic rings. The SMILES string of the molecule is CC1(C)CC(=O)N(CCCCC(C)(N)C(N)=O)C1=O. The molecule has 4 N–H and O–H groups in total. The molecule has 1 atom stereocenters. The fourth-order valence-corrected chi connectivity index (χ4v) is 2.14. The number of hydrogen-bond donors (Lipinski definition) is 2. The predicted molar refractivity (Wildman–Crippen MR) is 70.8 cm³/mol. The van der Waals surface area contributed by atoms with Crippen LogP contribution in [0.3, 0.4) is 0 Å². The molecule has 0 bridgehead atoms. The minimum atomic E-state index is -1.03. The van der Waals surface area contributed by atoms with Gasteiger partial charge >= 0.3 is 0 Å². The maximum atomic E-state index is 11.9. The van der Waals surface area contributed by atoms with Gasteiger partial charge in [-0.2, -0.15) is 0 Å². The van der Waals surface area contributed by atoms with Crippen LogP contribution in [-0.4, -0.2) is 34.7 Å². The van der Waals surface area contributed by atoms with E-state index in [1.807, 2.05) is 0 Å². The Morgan fingerprint density at radius 3 is 2.37 bits per heavy atom. The lowest BCUT2D eigenvalue weighted by atomic mass is 9.92. The molecule has 0 radical (unpaired) electrons. The topological polar surface area (TPSA) is 106 Å². The zero-order valence-electron chi connectivity index (χ0n) is 11.9. The molecule has 0 aromatic rings. The summed E-state index contributed by atoms with van der Waals surface area (Å²) in [5.41, 5.74) is 9.28. The van der Waals surface area contributed by atoms with Gasteiger partial charge in [0.1, 0.15) is 0 Å². The van der Waals surface area contributed by atoms with Crippen LogP contribution in [0.5, 0.6) is 0 Å². The molecular weight excluding hydrogens is 246 g/mol. The predicted octanol–water partition coefficient (Wildman–Crippen LogP) is 0.145. The van der Waals surface area contributed by atoms with Crippen molar-refractivity contribution in [1.29, 1.82) is 0 Å². The molecule has 19 heavy (non-hydrogen) atoms. The standard InChI is InChI=1S/C13H23N3O3/c1-12(2)8-9(17)16(11(12)19)7-5-4-6-13(3,15)10(14)18/h4-8,15H2,1-3H3,(H2,14,18). The summed E-state index contributed by atoms with van der Waals surface area (Å²) in [5, 5.41) is 0. The highest BCUT2D eigenvalue weighted by Gasteiger charge is 2.44. The molecule has 1 rings (SSSR count). The summed E-state index contributed by atoms with van der Waals surface area (Å²) in [6, 6.07) is 0. The summed E-state index contributed by atoms with van der Waals surface area (Å²) in [7, 11) is 0. The van der Waals surface area contributed by atoms with Gasteiger partial charge in [-0.3, -0.25) is 19.3 Å². The average molecular weight is 269 g/mol. The molecule has 0 aliphatic carbocycles. The number of likely N-dealkylation sites (tertiary alicyclic amines) is 1. The molecular formula is C13H23N3O3. The molecule has 108 valence electrons. The van der Waals surface area contributed by atoms with E-state index in [4.69, 9.17) is 11.5 Å². The summed E-state index contributed by atoms with van der Waals surface area (Å²) in [4.78, 5) is 36.0. The first-order valence-electron chi connectivity index (χ1n) is 6.51. The number of primary amides is 1. The molecule has 1 fully saturated rings. The largest absolute Gasteiger partial charge is 0.368 e. The molecule has 0 saturated carbocycles. The Bertz CT molecular complexity index is 402. The van der Waals surface area contributed by atoms with Crippen molar-refractivity contribution < 1.29 is 14.4 Å². The maximum absolute atomic E-state index is 11.9. The van der Waals surface area contributed by atoms with Crippen molar-refractivity contribution in [1.82, 2.24) is 4.90 Å².